The molecule has 0 aliphatic heterocycles. The molecule has 0 aliphatic carbocycles. The molecular formula is C12H18N2O. The quantitative estimate of drug-likeness (QED) is 0.802. The van der Waals surface area contributed by atoms with Gasteiger partial charge in [0, 0.05) is 24.9 Å². The lowest BCUT2D eigenvalue weighted by molar-refractivity contribution is -0.124. The van der Waals surface area contributed by atoms with Crippen LogP contribution in [0.2, 0.25) is 0 Å². The Hall–Kier alpha value is -1.38. The first-order chi connectivity index (χ1) is 7.24. The van der Waals surface area contributed by atoms with Gasteiger partial charge < -0.3 is 5.32 Å². The zero-order valence-corrected chi connectivity index (χ0v) is 9.36. The van der Waals surface area contributed by atoms with E-state index >= 15 is 0 Å². The lowest BCUT2D eigenvalue weighted by Crippen LogP contribution is -2.28. The molecule has 1 heterocycles. The van der Waals surface area contributed by atoms with Gasteiger partial charge in [-0.2, -0.15) is 0 Å². The summed E-state index contributed by atoms with van der Waals surface area (Å²) < 4.78 is 0. The fourth-order valence-electron chi connectivity index (χ4n) is 1.43. The highest BCUT2D eigenvalue weighted by Crippen LogP contribution is 2.05. The highest BCUT2D eigenvalue weighted by atomic mass is 16.1. The van der Waals surface area contributed by atoms with Crippen molar-refractivity contribution in [1.29, 1.82) is 0 Å². The fraction of sp³-hybridized carbons (Fsp3) is 0.500. The molecule has 0 bridgehead atoms. The van der Waals surface area contributed by atoms with E-state index in [0.29, 0.717) is 6.54 Å². The van der Waals surface area contributed by atoms with Crippen molar-refractivity contribution in [3.8, 4) is 0 Å². The first-order valence-corrected chi connectivity index (χ1v) is 5.40. The Kier molecular flexibility index (Phi) is 4.81. The number of nitrogens with one attached hydrogen (secondary N) is 1. The number of carbonyl (C=O) groups excluding carboxylic acids is 1. The van der Waals surface area contributed by atoms with E-state index in [1.165, 1.54) is 0 Å². The molecule has 3 heteroatoms. The topological polar surface area (TPSA) is 42.0 Å². The summed E-state index contributed by atoms with van der Waals surface area (Å²) in [5.41, 5.74) is 1.04. The summed E-state index contributed by atoms with van der Waals surface area (Å²) in [6.07, 6.45) is 5.48. The van der Waals surface area contributed by atoms with Gasteiger partial charge in [-0.3, -0.25) is 9.78 Å². The minimum Gasteiger partial charge on any atom is -0.352 e. The summed E-state index contributed by atoms with van der Waals surface area (Å²) in [7, 11) is 0. The molecule has 3 nitrogen and oxygen atoms in total. The van der Waals surface area contributed by atoms with E-state index < -0.39 is 0 Å². The van der Waals surface area contributed by atoms with Gasteiger partial charge in [-0.25, -0.2) is 0 Å². The second-order valence-corrected chi connectivity index (χ2v) is 3.77. The SMILES string of the molecule is CCCC(C)C(=O)NCc1cccnc1. The number of aromatic nitrogens is 1. The predicted octanol–water partition coefficient (Wildman–Crippen LogP) is 2.13. The first kappa shape index (κ1) is 11.7. The Bertz CT molecular complexity index is 298. The van der Waals surface area contributed by atoms with E-state index in [2.05, 4.69) is 17.2 Å². The van der Waals surface area contributed by atoms with Crippen molar-refractivity contribution in [3.05, 3.63) is 30.1 Å². The monoisotopic (exact) mass is 206 g/mol. The second kappa shape index (κ2) is 6.17. The minimum absolute atomic E-state index is 0.103. The van der Waals surface area contributed by atoms with Crippen molar-refractivity contribution in [2.45, 2.75) is 33.2 Å². The van der Waals surface area contributed by atoms with Crippen LogP contribution in [0.5, 0.6) is 0 Å². The minimum atomic E-state index is 0.103. The summed E-state index contributed by atoms with van der Waals surface area (Å²) in [6, 6.07) is 3.83. The van der Waals surface area contributed by atoms with Gasteiger partial charge in [0.25, 0.3) is 0 Å². The van der Waals surface area contributed by atoms with E-state index in [1.54, 1.807) is 12.4 Å². The highest BCUT2D eigenvalue weighted by Gasteiger charge is 2.10. The molecule has 0 aromatic carbocycles. The molecule has 1 aromatic rings. The summed E-state index contributed by atoms with van der Waals surface area (Å²) in [5, 5.41) is 2.90. The van der Waals surface area contributed by atoms with Crippen molar-refractivity contribution >= 4 is 5.91 Å². The molecule has 0 radical (unpaired) electrons. The van der Waals surface area contributed by atoms with Crippen LogP contribution in [-0.4, -0.2) is 10.9 Å². The van der Waals surface area contributed by atoms with Crippen LogP contribution in [0, 0.1) is 5.92 Å². The first-order valence-electron chi connectivity index (χ1n) is 5.40. The fourth-order valence-corrected chi connectivity index (χ4v) is 1.43. The van der Waals surface area contributed by atoms with E-state index in [-0.39, 0.29) is 11.8 Å². The third-order valence-corrected chi connectivity index (χ3v) is 2.36. The van der Waals surface area contributed by atoms with Crippen LogP contribution < -0.4 is 5.32 Å². The predicted molar refractivity (Wildman–Crippen MR) is 60.2 cm³/mol. The zero-order chi connectivity index (χ0) is 11.1. The van der Waals surface area contributed by atoms with Crippen molar-refractivity contribution in [2.24, 2.45) is 5.92 Å². The summed E-state index contributed by atoms with van der Waals surface area (Å²) in [6.45, 7) is 4.62. The van der Waals surface area contributed by atoms with Gasteiger partial charge in [-0.05, 0) is 18.1 Å². The average Bonchev–Trinajstić information content (AvgIpc) is 2.27. The van der Waals surface area contributed by atoms with Gasteiger partial charge >= 0.3 is 0 Å². The van der Waals surface area contributed by atoms with Crippen LogP contribution >= 0.6 is 0 Å². The van der Waals surface area contributed by atoms with Crippen molar-refractivity contribution in [1.82, 2.24) is 10.3 Å². The molecule has 1 N–H and O–H groups in total. The molecule has 0 spiro atoms. The Morgan fingerprint density at radius 2 is 2.40 bits per heavy atom. The maximum absolute atomic E-state index is 11.6. The molecule has 1 rings (SSSR count). The summed E-state index contributed by atoms with van der Waals surface area (Å²) in [5.74, 6) is 0.229. The maximum Gasteiger partial charge on any atom is 0.223 e. The summed E-state index contributed by atoms with van der Waals surface area (Å²) in [4.78, 5) is 15.6. The lowest BCUT2D eigenvalue weighted by Gasteiger charge is -2.10. The summed E-state index contributed by atoms with van der Waals surface area (Å²) >= 11 is 0. The van der Waals surface area contributed by atoms with Gasteiger partial charge in [0.1, 0.15) is 0 Å². The number of hydrogen-bond donors (Lipinski definition) is 1. The van der Waals surface area contributed by atoms with Crippen molar-refractivity contribution < 1.29 is 4.79 Å². The van der Waals surface area contributed by atoms with Crippen LogP contribution in [0.25, 0.3) is 0 Å². The third-order valence-electron chi connectivity index (χ3n) is 2.36. The number of rotatable bonds is 5. The third kappa shape index (κ3) is 4.11. The van der Waals surface area contributed by atoms with E-state index in [1.807, 2.05) is 19.1 Å². The van der Waals surface area contributed by atoms with E-state index in [0.717, 1.165) is 18.4 Å². The number of pyridine rings is 1. The molecule has 0 aliphatic rings. The second-order valence-electron chi connectivity index (χ2n) is 3.77. The van der Waals surface area contributed by atoms with Crippen LogP contribution in [-0.2, 0) is 11.3 Å². The van der Waals surface area contributed by atoms with Gasteiger partial charge in [0.15, 0.2) is 0 Å². The molecule has 15 heavy (non-hydrogen) atoms. The maximum atomic E-state index is 11.6. The molecule has 1 unspecified atom stereocenters. The Morgan fingerprint density at radius 1 is 1.60 bits per heavy atom. The van der Waals surface area contributed by atoms with Gasteiger partial charge in [-0.15, -0.1) is 0 Å². The van der Waals surface area contributed by atoms with Crippen molar-refractivity contribution in [2.75, 3.05) is 0 Å². The van der Waals surface area contributed by atoms with Crippen molar-refractivity contribution in [3.63, 3.8) is 0 Å². The van der Waals surface area contributed by atoms with Gasteiger partial charge in [0.2, 0.25) is 5.91 Å². The van der Waals surface area contributed by atoms with Crippen LogP contribution in [0.4, 0.5) is 0 Å². The Morgan fingerprint density at radius 3 is 3.00 bits per heavy atom. The smallest absolute Gasteiger partial charge is 0.223 e. The van der Waals surface area contributed by atoms with Gasteiger partial charge in [0.05, 0.1) is 0 Å². The largest absolute Gasteiger partial charge is 0.352 e. The molecule has 82 valence electrons. The average molecular weight is 206 g/mol. The molecule has 0 saturated carbocycles. The molecular weight excluding hydrogens is 188 g/mol. The van der Waals surface area contributed by atoms with Gasteiger partial charge in [-0.1, -0.05) is 26.3 Å². The molecule has 1 atom stereocenters. The van der Waals surface area contributed by atoms with Crippen LogP contribution in [0.1, 0.15) is 32.3 Å². The lowest BCUT2D eigenvalue weighted by atomic mass is 10.1. The molecule has 1 amide bonds. The number of hydrogen-bond acceptors (Lipinski definition) is 2. The Labute approximate surface area is 90.9 Å². The molecule has 0 fully saturated rings. The van der Waals surface area contributed by atoms with E-state index in [9.17, 15) is 4.79 Å². The van der Waals surface area contributed by atoms with E-state index in [4.69, 9.17) is 0 Å². The number of carbonyl (C=O) groups is 1. The molecule has 0 saturated heterocycles. The standard InChI is InChI=1S/C12H18N2O/c1-3-5-10(2)12(15)14-9-11-6-4-7-13-8-11/h4,6-8,10H,3,5,9H2,1-2H3,(H,14,15). The van der Waals surface area contributed by atoms with Crippen LogP contribution in [0.3, 0.4) is 0 Å². The van der Waals surface area contributed by atoms with Crippen LogP contribution in [0.15, 0.2) is 24.5 Å². The molecule has 1 aromatic heterocycles. The Balaban J connectivity index is 2.34. The highest BCUT2D eigenvalue weighted by molar-refractivity contribution is 5.78. The normalized spacial score (nSPS) is 12.1. The number of nitrogens with zero attached hydrogens (tertiary/aromatic N) is 1. The number of amides is 1. The zero-order valence-electron chi connectivity index (χ0n) is 9.36.